The smallest absolute Gasteiger partial charge is 0.140 e. The van der Waals surface area contributed by atoms with E-state index < -0.39 is 0 Å². The molecule has 1 aromatic carbocycles. The van der Waals surface area contributed by atoms with Crippen LogP contribution in [0.5, 0.6) is 0 Å². The third kappa shape index (κ3) is 2.28. The largest absolute Gasteiger partial charge is 0.241 e. The highest BCUT2D eigenvalue weighted by Gasteiger charge is 2.05. The summed E-state index contributed by atoms with van der Waals surface area (Å²) in [5.74, 6) is 0.658. The molecule has 0 aliphatic rings. The molecule has 0 radical (unpaired) electrons. The first-order chi connectivity index (χ1) is 7.16. The molecule has 0 unspecified atom stereocenters. The Labute approximate surface area is 97.9 Å². The summed E-state index contributed by atoms with van der Waals surface area (Å²) in [5, 5.41) is 1.12. The van der Waals surface area contributed by atoms with Gasteiger partial charge in [0.2, 0.25) is 0 Å². The molecule has 2 aromatic rings. The number of hydrogen-bond acceptors (Lipinski definition) is 2. The van der Waals surface area contributed by atoms with Crippen molar-refractivity contribution in [3.05, 3.63) is 46.5 Å². The molecule has 2 nitrogen and oxygen atoms in total. The SMILES string of the molecule is Cc1ncc(-c2cccc(Cl)c2)c(Cl)n1. The maximum atomic E-state index is 6.02. The van der Waals surface area contributed by atoms with Gasteiger partial charge in [0.15, 0.2) is 0 Å². The molecule has 0 aliphatic carbocycles. The fourth-order valence-corrected chi connectivity index (χ4v) is 1.76. The lowest BCUT2D eigenvalue weighted by atomic mass is 10.1. The Morgan fingerprint density at radius 3 is 2.67 bits per heavy atom. The lowest BCUT2D eigenvalue weighted by Gasteiger charge is -2.04. The van der Waals surface area contributed by atoms with E-state index in [1.807, 2.05) is 24.3 Å². The van der Waals surface area contributed by atoms with Crippen LogP contribution in [-0.4, -0.2) is 9.97 Å². The van der Waals surface area contributed by atoms with Gasteiger partial charge in [0.05, 0.1) is 0 Å². The number of aryl methyl sites for hydroxylation is 1. The first-order valence-corrected chi connectivity index (χ1v) is 5.17. The van der Waals surface area contributed by atoms with Crippen molar-refractivity contribution in [2.24, 2.45) is 0 Å². The van der Waals surface area contributed by atoms with Crippen molar-refractivity contribution in [1.29, 1.82) is 0 Å². The Bertz CT molecular complexity index is 498. The third-order valence-corrected chi connectivity index (χ3v) is 2.52. The van der Waals surface area contributed by atoms with Gasteiger partial charge in [-0.3, -0.25) is 0 Å². The van der Waals surface area contributed by atoms with Gasteiger partial charge in [0.25, 0.3) is 0 Å². The van der Waals surface area contributed by atoms with E-state index in [-0.39, 0.29) is 0 Å². The molecule has 15 heavy (non-hydrogen) atoms. The lowest BCUT2D eigenvalue weighted by Crippen LogP contribution is -1.90. The van der Waals surface area contributed by atoms with Crippen LogP contribution in [0.2, 0.25) is 10.2 Å². The molecule has 0 saturated heterocycles. The highest BCUT2D eigenvalue weighted by molar-refractivity contribution is 6.32. The molecule has 0 bridgehead atoms. The molecule has 76 valence electrons. The van der Waals surface area contributed by atoms with Gasteiger partial charge in [-0.1, -0.05) is 35.3 Å². The van der Waals surface area contributed by atoms with E-state index in [1.165, 1.54) is 0 Å². The van der Waals surface area contributed by atoms with Crippen LogP contribution in [-0.2, 0) is 0 Å². The maximum Gasteiger partial charge on any atom is 0.140 e. The zero-order valence-corrected chi connectivity index (χ0v) is 9.55. The Kier molecular flexibility index (Phi) is 2.89. The van der Waals surface area contributed by atoms with E-state index in [2.05, 4.69) is 9.97 Å². The van der Waals surface area contributed by atoms with Crippen molar-refractivity contribution in [3.8, 4) is 11.1 Å². The first kappa shape index (κ1) is 10.4. The number of aromatic nitrogens is 2. The van der Waals surface area contributed by atoms with Crippen LogP contribution >= 0.6 is 23.2 Å². The summed E-state index contributed by atoms with van der Waals surface area (Å²) in [7, 11) is 0. The molecule has 0 amide bonds. The topological polar surface area (TPSA) is 25.8 Å². The summed E-state index contributed by atoms with van der Waals surface area (Å²) in [5.41, 5.74) is 1.72. The Balaban J connectivity index is 2.54. The summed E-state index contributed by atoms with van der Waals surface area (Å²) in [6, 6.07) is 7.44. The second kappa shape index (κ2) is 4.17. The number of hydrogen-bond donors (Lipinski definition) is 0. The average molecular weight is 239 g/mol. The molecule has 0 N–H and O–H groups in total. The van der Waals surface area contributed by atoms with Crippen LogP contribution in [0.25, 0.3) is 11.1 Å². The Hall–Kier alpha value is -1.12. The molecular weight excluding hydrogens is 231 g/mol. The quantitative estimate of drug-likeness (QED) is 0.708. The van der Waals surface area contributed by atoms with Crippen LogP contribution in [0.4, 0.5) is 0 Å². The Morgan fingerprint density at radius 2 is 2.00 bits per heavy atom. The molecule has 0 fully saturated rings. The van der Waals surface area contributed by atoms with Crippen molar-refractivity contribution >= 4 is 23.2 Å². The van der Waals surface area contributed by atoms with Crippen molar-refractivity contribution in [2.75, 3.05) is 0 Å². The van der Waals surface area contributed by atoms with E-state index in [9.17, 15) is 0 Å². The van der Waals surface area contributed by atoms with Gasteiger partial charge in [0, 0.05) is 16.8 Å². The molecule has 0 aliphatic heterocycles. The van der Waals surface area contributed by atoms with Crippen molar-refractivity contribution in [1.82, 2.24) is 9.97 Å². The van der Waals surface area contributed by atoms with Gasteiger partial charge in [-0.05, 0) is 24.6 Å². The van der Waals surface area contributed by atoms with Gasteiger partial charge in [-0.2, -0.15) is 0 Å². The fraction of sp³-hybridized carbons (Fsp3) is 0.0909. The van der Waals surface area contributed by atoms with E-state index in [0.717, 1.165) is 11.1 Å². The molecule has 0 atom stereocenters. The summed E-state index contributed by atoms with van der Waals surface area (Å²) >= 11 is 11.9. The van der Waals surface area contributed by atoms with E-state index in [4.69, 9.17) is 23.2 Å². The van der Waals surface area contributed by atoms with Crippen molar-refractivity contribution in [2.45, 2.75) is 6.92 Å². The molecule has 1 aromatic heterocycles. The van der Waals surface area contributed by atoms with E-state index in [0.29, 0.717) is 16.0 Å². The number of rotatable bonds is 1. The number of benzene rings is 1. The van der Waals surface area contributed by atoms with Gasteiger partial charge in [-0.15, -0.1) is 0 Å². The van der Waals surface area contributed by atoms with Gasteiger partial charge in [0.1, 0.15) is 11.0 Å². The molecular formula is C11H8Cl2N2. The van der Waals surface area contributed by atoms with E-state index in [1.54, 1.807) is 13.1 Å². The van der Waals surface area contributed by atoms with Crippen LogP contribution in [0.15, 0.2) is 30.5 Å². The zero-order valence-electron chi connectivity index (χ0n) is 8.04. The second-order valence-electron chi connectivity index (χ2n) is 3.13. The van der Waals surface area contributed by atoms with Crippen molar-refractivity contribution in [3.63, 3.8) is 0 Å². The van der Waals surface area contributed by atoms with Crippen LogP contribution in [0.1, 0.15) is 5.82 Å². The zero-order chi connectivity index (χ0) is 10.8. The highest BCUT2D eigenvalue weighted by Crippen LogP contribution is 2.27. The third-order valence-electron chi connectivity index (χ3n) is 2.00. The van der Waals surface area contributed by atoms with E-state index >= 15 is 0 Å². The number of halogens is 2. The summed E-state index contributed by atoms with van der Waals surface area (Å²) in [6.45, 7) is 1.80. The molecule has 0 saturated carbocycles. The molecule has 2 rings (SSSR count). The van der Waals surface area contributed by atoms with Crippen LogP contribution in [0.3, 0.4) is 0 Å². The predicted molar refractivity (Wildman–Crippen MR) is 62.2 cm³/mol. The molecule has 1 heterocycles. The molecule has 4 heteroatoms. The normalized spacial score (nSPS) is 10.3. The minimum atomic E-state index is 0.449. The predicted octanol–water partition coefficient (Wildman–Crippen LogP) is 3.76. The number of nitrogens with zero attached hydrogens (tertiary/aromatic N) is 2. The monoisotopic (exact) mass is 238 g/mol. The van der Waals surface area contributed by atoms with Crippen molar-refractivity contribution < 1.29 is 0 Å². The first-order valence-electron chi connectivity index (χ1n) is 4.42. The van der Waals surface area contributed by atoms with Crippen LogP contribution < -0.4 is 0 Å². The fourth-order valence-electron chi connectivity index (χ4n) is 1.29. The Morgan fingerprint density at radius 1 is 1.20 bits per heavy atom. The van der Waals surface area contributed by atoms with Gasteiger partial charge in [-0.25, -0.2) is 9.97 Å². The minimum Gasteiger partial charge on any atom is -0.241 e. The second-order valence-corrected chi connectivity index (χ2v) is 3.93. The summed E-state index contributed by atoms with van der Waals surface area (Å²) in [6.07, 6.45) is 1.70. The lowest BCUT2D eigenvalue weighted by molar-refractivity contribution is 1.06. The summed E-state index contributed by atoms with van der Waals surface area (Å²) in [4.78, 5) is 8.20. The maximum absolute atomic E-state index is 6.02. The standard InChI is InChI=1S/C11H8Cl2N2/c1-7-14-6-10(11(13)15-7)8-3-2-4-9(12)5-8/h2-6H,1H3. The molecule has 0 spiro atoms. The average Bonchev–Trinajstić information content (AvgIpc) is 2.17. The van der Waals surface area contributed by atoms with Gasteiger partial charge < -0.3 is 0 Å². The minimum absolute atomic E-state index is 0.449. The van der Waals surface area contributed by atoms with Crippen LogP contribution in [0, 0.1) is 6.92 Å². The summed E-state index contributed by atoms with van der Waals surface area (Å²) < 4.78 is 0. The van der Waals surface area contributed by atoms with Gasteiger partial charge >= 0.3 is 0 Å². The highest BCUT2D eigenvalue weighted by atomic mass is 35.5.